The zero-order valence-corrected chi connectivity index (χ0v) is 9.46. The number of rotatable bonds is 6. The van der Waals surface area contributed by atoms with E-state index in [-0.39, 0.29) is 0 Å². The van der Waals surface area contributed by atoms with Crippen molar-refractivity contribution in [2.24, 2.45) is 11.8 Å². The highest BCUT2D eigenvalue weighted by molar-refractivity contribution is 4.70. The van der Waals surface area contributed by atoms with Crippen molar-refractivity contribution >= 4 is 0 Å². The summed E-state index contributed by atoms with van der Waals surface area (Å²) in [6, 6.07) is 0.455. The molecule has 3 heteroatoms. The van der Waals surface area contributed by atoms with Gasteiger partial charge < -0.3 is 4.74 Å². The molecule has 0 saturated carbocycles. The summed E-state index contributed by atoms with van der Waals surface area (Å²) in [7, 11) is 0. The van der Waals surface area contributed by atoms with Crippen molar-refractivity contribution in [3.05, 3.63) is 0 Å². The fourth-order valence-corrected chi connectivity index (χ4v) is 2.05. The minimum Gasteiger partial charge on any atom is -0.378 e. The van der Waals surface area contributed by atoms with Gasteiger partial charge in [0.05, 0.1) is 6.10 Å². The molecule has 2 unspecified atom stereocenters. The first-order chi connectivity index (χ1) is 6.74. The van der Waals surface area contributed by atoms with Gasteiger partial charge in [-0.15, -0.1) is 0 Å². The lowest BCUT2D eigenvalue weighted by atomic mass is 9.97. The van der Waals surface area contributed by atoms with E-state index in [1.54, 1.807) is 0 Å². The first kappa shape index (κ1) is 12.0. The van der Waals surface area contributed by atoms with Crippen LogP contribution in [0.2, 0.25) is 0 Å². The van der Waals surface area contributed by atoms with Gasteiger partial charge in [-0.2, -0.15) is 0 Å². The molecule has 84 valence electrons. The molecule has 0 amide bonds. The summed E-state index contributed by atoms with van der Waals surface area (Å²) in [4.78, 5) is 0. The molecule has 3 N–H and O–H groups in total. The molecule has 1 fully saturated rings. The van der Waals surface area contributed by atoms with Gasteiger partial charge in [-0.05, 0) is 38.0 Å². The van der Waals surface area contributed by atoms with Crippen LogP contribution in [0.25, 0.3) is 0 Å². The smallest absolute Gasteiger partial charge is 0.0576 e. The quantitative estimate of drug-likeness (QED) is 0.508. The summed E-state index contributed by atoms with van der Waals surface area (Å²) in [5.74, 6) is 6.10. The second-order valence-electron chi connectivity index (χ2n) is 4.58. The highest BCUT2D eigenvalue weighted by Crippen LogP contribution is 2.19. The standard InChI is InChI=1S/C11H24N2O/c1-9(2)11(13-12)7-3-5-10-6-4-8-14-10/h9-11,13H,3-8,12H2,1-2H3. The zero-order valence-electron chi connectivity index (χ0n) is 9.46. The Balaban J connectivity index is 2.06. The van der Waals surface area contributed by atoms with Crippen molar-refractivity contribution in [1.82, 2.24) is 5.43 Å². The molecule has 0 aromatic heterocycles. The van der Waals surface area contributed by atoms with E-state index in [1.165, 1.54) is 25.7 Å². The predicted octanol–water partition coefficient (Wildman–Crippen LogP) is 1.82. The molecule has 1 aliphatic rings. The predicted molar refractivity (Wildman–Crippen MR) is 58.8 cm³/mol. The van der Waals surface area contributed by atoms with Crippen LogP contribution in [-0.2, 0) is 4.74 Å². The number of nitrogens with two attached hydrogens (primary N) is 1. The summed E-state index contributed by atoms with van der Waals surface area (Å²) in [6.45, 7) is 5.38. The summed E-state index contributed by atoms with van der Waals surface area (Å²) >= 11 is 0. The second-order valence-corrected chi connectivity index (χ2v) is 4.58. The zero-order chi connectivity index (χ0) is 10.4. The van der Waals surface area contributed by atoms with Gasteiger partial charge in [-0.25, -0.2) is 0 Å². The molecule has 1 rings (SSSR count). The van der Waals surface area contributed by atoms with Crippen molar-refractivity contribution < 1.29 is 4.74 Å². The number of ether oxygens (including phenoxy) is 1. The molecule has 0 aromatic carbocycles. The molecule has 0 bridgehead atoms. The maximum atomic E-state index is 5.58. The van der Waals surface area contributed by atoms with Crippen LogP contribution >= 0.6 is 0 Å². The van der Waals surface area contributed by atoms with E-state index in [2.05, 4.69) is 19.3 Å². The van der Waals surface area contributed by atoms with Crippen LogP contribution in [0.4, 0.5) is 0 Å². The molecule has 14 heavy (non-hydrogen) atoms. The summed E-state index contributed by atoms with van der Waals surface area (Å²) < 4.78 is 5.58. The molecule has 1 heterocycles. The van der Waals surface area contributed by atoms with Gasteiger partial charge in [0.15, 0.2) is 0 Å². The Morgan fingerprint density at radius 2 is 2.29 bits per heavy atom. The van der Waals surface area contributed by atoms with Gasteiger partial charge in [0.1, 0.15) is 0 Å². The van der Waals surface area contributed by atoms with E-state index in [4.69, 9.17) is 10.6 Å². The van der Waals surface area contributed by atoms with Gasteiger partial charge in [0.25, 0.3) is 0 Å². The minimum absolute atomic E-state index is 0.455. The lowest BCUT2D eigenvalue weighted by molar-refractivity contribution is 0.101. The lowest BCUT2D eigenvalue weighted by Crippen LogP contribution is -2.39. The van der Waals surface area contributed by atoms with Crippen molar-refractivity contribution in [1.29, 1.82) is 0 Å². The normalized spacial score (nSPS) is 24.4. The molecule has 0 spiro atoms. The highest BCUT2D eigenvalue weighted by Gasteiger charge is 2.16. The average molecular weight is 200 g/mol. The van der Waals surface area contributed by atoms with Crippen LogP contribution in [0.1, 0.15) is 46.0 Å². The van der Waals surface area contributed by atoms with E-state index in [9.17, 15) is 0 Å². The van der Waals surface area contributed by atoms with Gasteiger partial charge in [-0.3, -0.25) is 11.3 Å². The van der Waals surface area contributed by atoms with Crippen LogP contribution < -0.4 is 11.3 Å². The number of hydrogen-bond acceptors (Lipinski definition) is 3. The van der Waals surface area contributed by atoms with Crippen LogP contribution in [0, 0.1) is 5.92 Å². The van der Waals surface area contributed by atoms with Crippen LogP contribution in [-0.4, -0.2) is 18.8 Å². The largest absolute Gasteiger partial charge is 0.378 e. The van der Waals surface area contributed by atoms with Crippen LogP contribution in [0.5, 0.6) is 0 Å². The SMILES string of the molecule is CC(C)C(CCCC1CCCO1)NN. The van der Waals surface area contributed by atoms with Crippen LogP contribution in [0.15, 0.2) is 0 Å². The Hall–Kier alpha value is -0.120. The monoisotopic (exact) mass is 200 g/mol. The highest BCUT2D eigenvalue weighted by atomic mass is 16.5. The van der Waals surface area contributed by atoms with E-state index in [1.807, 2.05) is 0 Å². The molecule has 3 nitrogen and oxygen atoms in total. The number of hydrazine groups is 1. The molecule has 1 saturated heterocycles. The fraction of sp³-hybridized carbons (Fsp3) is 1.00. The van der Waals surface area contributed by atoms with Gasteiger partial charge in [0.2, 0.25) is 0 Å². The molecule has 0 aliphatic carbocycles. The molecular formula is C11H24N2O. The first-order valence-electron chi connectivity index (χ1n) is 5.81. The molecule has 0 radical (unpaired) electrons. The van der Waals surface area contributed by atoms with Crippen molar-refractivity contribution in [2.75, 3.05) is 6.61 Å². The molecule has 2 atom stereocenters. The Morgan fingerprint density at radius 3 is 2.79 bits per heavy atom. The average Bonchev–Trinajstić information content (AvgIpc) is 2.64. The van der Waals surface area contributed by atoms with E-state index in [0.29, 0.717) is 18.1 Å². The van der Waals surface area contributed by atoms with E-state index < -0.39 is 0 Å². The van der Waals surface area contributed by atoms with Gasteiger partial charge in [-0.1, -0.05) is 13.8 Å². The van der Waals surface area contributed by atoms with Gasteiger partial charge >= 0.3 is 0 Å². The van der Waals surface area contributed by atoms with Gasteiger partial charge in [0, 0.05) is 12.6 Å². The van der Waals surface area contributed by atoms with Crippen molar-refractivity contribution in [3.8, 4) is 0 Å². The number of nitrogens with one attached hydrogen (secondary N) is 1. The molecule has 1 aliphatic heterocycles. The summed E-state index contributed by atoms with van der Waals surface area (Å²) in [5, 5.41) is 0. The maximum Gasteiger partial charge on any atom is 0.0576 e. The summed E-state index contributed by atoms with van der Waals surface area (Å²) in [6.07, 6.45) is 6.60. The Bertz CT molecular complexity index is 144. The van der Waals surface area contributed by atoms with Crippen LogP contribution in [0.3, 0.4) is 0 Å². The lowest BCUT2D eigenvalue weighted by Gasteiger charge is -2.20. The van der Waals surface area contributed by atoms with Crippen molar-refractivity contribution in [3.63, 3.8) is 0 Å². The Morgan fingerprint density at radius 1 is 1.50 bits per heavy atom. The third kappa shape index (κ3) is 3.95. The van der Waals surface area contributed by atoms with E-state index in [0.717, 1.165) is 13.0 Å². The second kappa shape index (κ2) is 6.38. The maximum absolute atomic E-state index is 5.58. The Kier molecular flexibility index (Phi) is 5.45. The first-order valence-corrected chi connectivity index (χ1v) is 5.81. The van der Waals surface area contributed by atoms with Crippen molar-refractivity contribution in [2.45, 2.75) is 58.1 Å². The third-order valence-electron chi connectivity index (χ3n) is 3.08. The minimum atomic E-state index is 0.455. The third-order valence-corrected chi connectivity index (χ3v) is 3.08. The Labute approximate surface area is 87.4 Å². The fourth-order valence-electron chi connectivity index (χ4n) is 2.05. The van der Waals surface area contributed by atoms with E-state index >= 15 is 0 Å². The topological polar surface area (TPSA) is 47.3 Å². The molecular weight excluding hydrogens is 176 g/mol. The number of hydrogen-bond donors (Lipinski definition) is 2. The summed E-state index contributed by atoms with van der Waals surface area (Å²) in [5.41, 5.74) is 2.89. The molecule has 0 aromatic rings.